The molecule has 0 fully saturated rings. The summed E-state index contributed by atoms with van der Waals surface area (Å²) in [5.74, 6) is 0. The highest BCUT2D eigenvalue weighted by Crippen LogP contribution is 2.47. The molecular weight excluding hydrogens is 781 g/mol. The third kappa shape index (κ3) is 6.41. The SMILES string of the molecule is c1ccc(-c2ccc(N(c3ccc4c5ccccc5n(-c5ccccc5-c5cccc6c5sc5ccccc56)c4c3)c3ccc(-c4ccccc4)cc3-c3ccccc3)cc2)cc1. The first-order valence-electron chi connectivity index (χ1n) is 21.5. The van der Waals surface area contributed by atoms with Gasteiger partial charge < -0.3 is 9.47 Å². The minimum Gasteiger partial charge on any atom is -0.310 e. The zero-order chi connectivity index (χ0) is 41.7. The number of thiophene rings is 1. The van der Waals surface area contributed by atoms with Crippen LogP contribution in [-0.2, 0) is 0 Å². The van der Waals surface area contributed by atoms with Gasteiger partial charge in [0, 0.05) is 59.0 Å². The van der Waals surface area contributed by atoms with Crippen molar-refractivity contribution in [2.45, 2.75) is 0 Å². The molecule has 63 heavy (non-hydrogen) atoms. The Hall–Kier alpha value is -7.98. The molecule has 0 saturated carbocycles. The van der Waals surface area contributed by atoms with Crippen molar-refractivity contribution in [2.24, 2.45) is 0 Å². The number of fused-ring (bicyclic) bond motifs is 6. The number of benzene rings is 10. The lowest BCUT2D eigenvalue weighted by Gasteiger charge is -2.29. The fourth-order valence-corrected chi connectivity index (χ4v) is 10.7. The zero-order valence-electron chi connectivity index (χ0n) is 34.4. The quantitative estimate of drug-likeness (QED) is 0.148. The van der Waals surface area contributed by atoms with Crippen molar-refractivity contribution in [2.75, 3.05) is 4.90 Å². The van der Waals surface area contributed by atoms with Crippen molar-refractivity contribution in [3.05, 3.63) is 243 Å². The second kappa shape index (κ2) is 15.5. The molecule has 0 unspecified atom stereocenters. The van der Waals surface area contributed by atoms with Gasteiger partial charge >= 0.3 is 0 Å². The lowest BCUT2D eigenvalue weighted by molar-refractivity contribution is 1.18. The summed E-state index contributed by atoms with van der Waals surface area (Å²) in [7, 11) is 0. The highest BCUT2D eigenvalue weighted by Gasteiger charge is 2.22. The highest BCUT2D eigenvalue weighted by molar-refractivity contribution is 7.26. The first kappa shape index (κ1) is 36.8. The van der Waals surface area contributed by atoms with Crippen LogP contribution in [-0.4, -0.2) is 4.57 Å². The molecule has 296 valence electrons. The summed E-state index contributed by atoms with van der Waals surface area (Å²) in [6, 6.07) is 88.4. The van der Waals surface area contributed by atoms with Gasteiger partial charge in [0.1, 0.15) is 0 Å². The monoisotopic (exact) mass is 820 g/mol. The van der Waals surface area contributed by atoms with Crippen LogP contribution in [0.25, 0.3) is 92.2 Å². The van der Waals surface area contributed by atoms with Gasteiger partial charge in [0.2, 0.25) is 0 Å². The second-order valence-corrected chi connectivity index (χ2v) is 17.1. The highest BCUT2D eigenvalue weighted by atomic mass is 32.1. The smallest absolute Gasteiger partial charge is 0.0562 e. The average molecular weight is 821 g/mol. The van der Waals surface area contributed by atoms with Crippen LogP contribution in [0.15, 0.2) is 243 Å². The van der Waals surface area contributed by atoms with Gasteiger partial charge in [-0.3, -0.25) is 0 Å². The molecular formula is C60H40N2S. The van der Waals surface area contributed by atoms with Crippen LogP contribution < -0.4 is 4.90 Å². The lowest BCUT2D eigenvalue weighted by atomic mass is 9.96. The van der Waals surface area contributed by atoms with Gasteiger partial charge in [0.05, 0.1) is 22.4 Å². The molecule has 0 atom stereocenters. The predicted octanol–water partition coefficient (Wildman–Crippen LogP) is 17.3. The Morgan fingerprint density at radius 2 is 0.873 bits per heavy atom. The third-order valence-corrected chi connectivity index (χ3v) is 13.6. The molecule has 0 spiro atoms. The van der Waals surface area contributed by atoms with E-state index in [0.717, 1.165) is 39.4 Å². The number of hydrogen-bond donors (Lipinski definition) is 0. The van der Waals surface area contributed by atoms with Crippen LogP contribution in [0.1, 0.15) is 0 Å². The van der Waals surface area contributed by atoms with Crippen molar-refractivity contribution < 1.29 is 0 Å². The van der Waals surface area contributed by atoms with Crippen LogP contribution in [0.5, 0.6) is 0 Å². The molecule has 0 aliphatic heterocycles. The Balaban J connectivity index is 1.10. The van der Waals surface area contributed by atoms with E-state index in [1.54, 1.807) is 0 Å². The summed E-state index contributed by atoms with van der Waals surface area (Å²) in [6.45, 7) is 0. The van der Waals surface area contributed by atoms with E-state index in [1.807, 2.05) is 11.3 Å². The summed E-state index contributed by atoms with van der Waals surface area (Å²) >= 11 is 1.88. The molecule has 0 radical (unpaired) electrons. The fourth-order valence-electron chi connectivity index (χ4n) is 9.46. The summed E-state index contributed by atoms with van der Waals surface area (Å²) in [6.07, 6.45) is 0. The van der Waals surface area contributed by atoms with Gasteiger partial charge in [-0.15, -0.1) is 11.3 Å². The fraction of sp³-hybridized carbons (Fsp3) is 0. The average Bonchev–Trinajstić information content (AvgIpc) is 3.91. The van der Waals surface area contributed by atoms with Crippen molar-refractivity contribution in [1.82, 2.24) is 4.57 Å². The largest absolute Gasteiger partial charge is 0.310 e. The van der Waals surface area contributed by atoms with Crippen LogP contribution in [0, 0.1) is 0 Å². The first-order chi connectivity index (χ1) is 31.3. The Morgan fingerprint density at radius 1 is 0.317 bits per heavy atom. The van der Waals surface area contributed by atoms with Crippen molar-refractivity contribution >= 4 is 70.4 Å². The van der Waals surface area contributed by atoms with Gasteiger partial charge in [-0.05, 0) is 82.4 Å². The van der Waals surface area contributed by atoms with Crippen molar-refractivity contribution in [1.29, 1.82) is 0 Å². The summed E-state index contributed by atoms with van der Waals surface area (Å²) < 4.78 is 5.11. The molecule has 0 aliphatic carbocycles. The van der Waals surface area contributed by atoms with Crippen LogP contribution in [0.4, 0.5) is 17.1 Å². The molecule has 2 aromatic heterocycles. The molecule has 2 heterocycles. The van der Waals surface area contributed by atoms with E-state index in [1.165, 1.54) is 69.8 Å². The van der Waals surface area contributed by atoms with Gasteiger partial charge in [-0.2, -0.15) is 0 Å². The summed E-state index contributed by atoms with van der Waals surface area (Å²) in [4.78, 5) is 2.44. The van der Waals surface area contributed by atoms with Crippen molar-refractivity contribution in [3.63, 3.8) is 0 Å². The Labute approximate surface area is 370 Å². The number of nitrogens with zero attached hydrogens (tertiary/aromatic N) is 2. The van der Waals surface area contributed by atoms with E-state index in [0.29, 0.717) is 0 Å². The second-order valence-electron chi connectivity index (χ2n) is 16.1. The maximum Gasteiger partial charge on any atom is 0.0562 e. The third-order valence-electron chi connectivity index (χ3n) is 12.4. The standard InChI is InChI=1S/C60H40N2S/c1-4-17-41(18-5-1)43-31-34-46(35-32-43)61(57-38-33-45(42-19-6-2-7-20-42)39-54(57)44-21-8-3-9-22-44)47-36-37-50-48-23-10-13-28-55(48)62(58(50)40-47)56-29-14-11-24-49(56)52-26-16-27-53-51-25-12-15-30-59(51)63-60(52)53/h1-40H. The first-order valence-corrected chi connectivity index (χ1v) is 22.3. The lowest BCUT2D eigenvalue weighted by Crippen LogP contribution is -2.11. The normalized spacial score (nSPS) is 11.5. The molecule has 3 heteroatoms. The molecule has 0 saturated heterocycles. The molecule has 2 nitrogen and oxygen atoms in total. The number of anilines is 3. The molecule has 0 aliphatic rings. The Kier molecular flexibility index (Phi) is 9.06. The van der Waals surface area contributed by atoms with E-state index < -0.39 is 0 Å². The Bertz CT molecular complexity index is 3600. The minimum atomic E-state index is 1.08. The topological polar surface area (TPSA) is 8.17 Å². The molecule has 0 N–H and O–H groups in total. The Morgan fingerprint density at radius 3 is 1.65 bits per heavy atom. The van der Waals surface area contributed by atoms with E-state index in [9.17, 15) is 0 Å². The molecule has 0 bridgehead atoms. The predicted molar refractivity (Wildman–Crippen MR) is 270 cm³/mol. The van der Waals surface area contributed by atoms with Crippen LogP contribution in [0.2, 0.25) is 0 Å². The van der Waals surface area contributed by atoms with E-state index >= 15 is 0 Å². The van der Waals surface area contributed by atoms with E-state index in [-0.39, 0.29) is 0 Å². The van der Waals surface area contributed by atoms with Crippen LogP contribution in [0.3, 0.4) is 0 Å². The minimum absolute atomic E-state index is 1.08. The number of hydrogen-bond acceptors (Lipinski definition) is 2. The number of rotatable bonds is 8. The van der Waals surface area contributed by atoms with Gasteiger partial charge in [-0.25, -0.2) is 0 Å². The summed E-state index contributed by atoms with van der Waals surface area (Å²) in [5, 5.41) is 5.05. The van der Waals surface area contributed by atoms with E-state index in [2.05, 4.69) is 252 Å². The molecule has 0 amide bonds. The summed E-state index contributed by atoms with van der Waals surface area (Å²) in [5.41, 5.74) is 16.3. The van der Waals surface area contributed by atoms with Gasteiger partial charge in [0.25, 0.3) is 0 Å². The van der Waals surface area contributed by atoms with Gasteiger partial charge in [0.15, 0.2) is 0 Å². The zero-order valence-corrected chi connectivity index (χ0v) is 35.2. The maximum absolute atomic E-state index is 2.49. The number of para-hydroxylation sites is 2. The molecule has 12 aromatic rings. The number of aromatic nitrogens is 1. The van der Waals surface area contributed by atoms with Crippen LogP contribution >= 0.6 is 11.3 Å². The van der Waals surface area contributed by atoms with Gasteiger partial charge in [-0.1, -0.05) is 188 Å². The maximum atomic E-state index is 2.49. The van der Waals surface area contributed by atoms with E-state index in [4.69, 9.17) is 0 Å². The molecule has 10 aromatic carbocycles. The van der Waals surface area contributed by atoms with Crippen molar-refractivity contribution in [3.8, 4) is 50.2 Å². The molecule has 12 rings (SSSR count).